The normalized spacial score (nSPS) is 40.3. The Balaban J connectivity index is 1.78. The van der Waals surface area contributed by atoms with Crippen LogP contribution in [0.4, 0.5) is 0 Å². The van der Waals surface area contributed by atoms with E-state index in [-0.39, 0.29) is 6.10 Å². The predicted molar refractivity (Wildman–Crippen MR) is 55.2 cm³/mol. The minimum Gasteiger partial charge on any atom is -0.392 e. The van der Waals surface area contributed by atoms with E-state index in [1.165, 1.54) is 12.8 Å². The Kier molecular flexibility index (Phi) is 3.42. The molecule has 1 N–H and O–H groups in total. The molecule has 0 aromatic heterocycles. The van der Waals surface area contributed by atoms with E-state index in [1.807, 2.05) is 0 Å². The molecule has 0 bridgehead atoms. The molecule has 0 saturated carbocycles. The maximum absolute atomic E-state index is 9.64. The van der Waals surface area contributed by atoms with Gasteiger partial charge in [0.15, 0.2) is 0 Å². The second kappa shape index (κ2) is 4.60. The predicted octanol–water partition coefficient (Wildman–Crippen LogP) is 0.868. The first kappa shape index (κ1) is 10.4. The molecule has 2 heterocycles. The van der Waals surface area contributed by atoms with Crippen molar-refractivity contribution >= 4 is 0 Å². The number of hydrogen-bond donors (Lipinski definition) is 1. The van der Waals surface area contributed by atoms with Crippen LogP contribution in [0.25, 0.3) is 0 Å². The van der Waals surface area contributed by atoms with Crippen molar-refractivity contribution in [1.82, 2.24) is 4.90 Å². The van der Waals surface area contributed by atoms with Crippen molar-refractivity contribution < 1.29 is 9.84 Å². The van der Waals surface area contributed by atoms with Gasteiger partial charge in [0.25, 0.3) is 0 Å². The average Bonchev–Trinajstić information content (AvgIpc) is 2.54. The summed E-state index contributed by atoms with van der Waals surface area (Å²) in [6.07, 6.45) is 3.66. The van der Waals surface area contributed by atoms with E-state index in [2.05, 4.69) is 11.8 Å². The second-order valence-corrected chi connectivity index (χ2v) is 4.85. The van der Waals surface area contributed by atoms with Gasteiger partial charge in [-0.1, -0.05) is 6.92 Å². The molecule has 82 valence electrons. The highest BCUT2D eigenvalue weighted by Crippen LogP contribution is 2.19. The molecule has 14 heavy (non-hydrogen) atoms. The Bertz CT molecular complexity index is 170. The zero-order valence-corrected chi connectivity index (χ0v) is 8.98. The van der Waals surface area contributed by atoms with Crippen LogP contribution < -0.4 is 0 Å². The molecular formula is C11H21NO2. The molecule has 3 nitrogen and oxygen atoms in total. The van der Waals surface area contributed by atoms with Crippen LogP contribution in [-0.2, 0) is 4.74 Å². The fourth-order valence-electron chi connectivity index (χ4n) is 2.65. The van der Waals surface area contributed by atoms with Crippen LogP contribution in [0.2, 0.25) is 0 Å². The lowest BCUT2D eigenvalue weighted by atomic mass is 9.97. The van der Waals surface area contributed by atoms with Crippen molar-refractivity contribution in [2.24, 2.45) is 5.92 Å². The number of aliphatic hydroxyl groups excluding tert-OH is 1. The van der Waals surface area contributed by atoms with E-state index >= 15 is 0 Å². The third kappa shape index (κ3) is 2.69. The van der Waals surface area contributed by atoms with Crippen molar-refractivity contribution in [3.63, 3.8) is 0 Å². The average molecular weight is 199 g/mol. The topological polar surface area (TPSA) is 32.7 Å². The van der Waals surface area contributed by atoms with E-state index in [1.54, 1.807) is 0 Å². The number of ether oxygens (including phenoxy) is 1. The summed E-state index contributed by atoms with van der Waals surface area (Å²) in [4.78, 5) is 2.36. The Morgan fingerprint density at radius 3 is 2.93 bits per heavy atom. The number of likely N-dealkylation sites (tertiary alicyclic amines) is 1. The summed E-state index contributed by atoms with van der Waals surface area (Å²) in [5.41, 5.74) is 0. The number of nitrogens with zero attached hydrogens (tertiary/aromatic N) is 1. The number of aliphatic hydroxyl groups is 1. The third-order valence-electron chi connectivity index (χ3n) is 3.20. The zero-order valence-electron chi connectivity index (χ0n) is 8.98. The van der Waals surface area contributed by atoms with Gasteiger partial charge in [-0.3, -0.25) is 4.90 Å². The smallest absolute Gasteiger partial charge is 0.0702 e. The minimum atomic E-state index is -0.125. The maximum atomic E-state index is 9.64. The van der Waals surface area contributed by atoms with Crippen molar-refractivity contribution in [1.29, 1.82) is 0 Å². The lowest BCUT2D eigenvalue weighted by Gasteiger charge is -2.35. The van der Waals surface area contributed by atoms with E-state index < -0.39 is 0 Å². The van der Waals surface area contributed by atoms with Crippen LogP contribution in [0.15, 0.2) is 0 Å². The highest BCUT2D eigenvalue weighted by Gasteiger charge is 2.26. The number of rotatable bonds is 2. The molecule has 0 amide bonds. The SMILES string of the molecule is CC1CC(O)CN(CC2CCCO2)C1. The molecule has 2 rings (SSSR count). The summed E-state index contributed by atoms with van der Waals surface area (Å²) in [7, 11) is 0. The summed E-state index contributed by atoms with van der Waals surface area (Å²) < 4.78 is 5.60. The summed E-state index contributed by atoms with van der Waals surface area (Å²) in [6, 6.07) is 0. The monoisotopic (exact) mass is 199 g/mol. The van der Waals surface area contributed by atoms with Gasteiger partial charge in [0, 0.05) is 26.2 Å². The van der Waals surface area contributed by atoms with Gasteiger partial charge < -0.3 is 9.84 Å². The molecule has 0 radical (unpaired) electrons. The van der Waals surface area contributed by atoms with Gasteiger partial charge >= 0.3 is 0 Å². The fourth-order valence-corrected chi connectivity index (χ4v) is 2.65. The molecule has 2 saturated heterocycles. The molecule has 2 fully saturated rings. The molecule has 0 aromatic rings. The summed E-state index contributed by atoms with van der Waals surface area (Å²) >= 11 is 0. The summed E-state index contributed by atoms with van der Waals surface area (Å²) in [5.74, 6) is 0.625. The van der Waals surface area contributed by atoms with Crippen molar-refractivity contribution in [3.8, 4) is 0 Å². The van der Waals surface area contributed by atoms with Crippen molar-refractivity contribution in [2.45, 2.75) is 38.4 Å². The Morgan fingerprint density at radius 2 is 2.29 bits per heavy atom. The maximum Gasteiger partial charge on any atom is 0.0702 e. The van der Waals surface area contributed by atoms with Gasteiger partial charge in [0.05, 0.1) is 12.2 Å². The van der Waals surface area contributed by atoms with Crippen LogP contribution in [0.1, 0.15) is 26.2 Å². The van der Waals surface area contributed by atoms with Crippen LogP contribution in [0.3, 0.4) is 0 Å². The van der Waals surface area contributed by atoms with Crippen molar-refractivity contribution in [3.05, 3.63) is 0 Å². The van der Waals surface area contributed by atoms with Gasteiger partial charge in [-0.2, -0.15) is 0 Å². The van der Waals surface area contributed by atoms with Crippen LogP contribution in [0.5, 0.6) is 0 Å². The fraction of sp³-hybridized carbons (Fsp3) is 1.00. The van der Waals surface area contributed by atoms with Gasteiger partial charge in [-0.25, -0.2) is 0 Å². The molecule has 3 unspecified atom stereocenters. The summed E-state index contributed by atoms with van der Waals surface area (Å²) in [5, 5.41) is 9.64. The van der Waals surface area contributed by atoms with E-state index in [0.717, 1.165) is 32.7 Å². The van der Waals surface area contributed by atoms with Gasteiger partial charge in [0.1, 0.15) is 0 Å². The third-order valence-corrected chi connectivity index (χ3v) is 3.20. The van der Waals surface area contributed by atoms with E-state index in [9.17, 15) is 5.11 Å². The Hall–Kier alpha value is -0.120. The lowest BCUT2D eigenvalue weighted by Crippen LogP contribution is -2.45. The van der Waals surface area contributed by atoms with E-state index in [4.69, 9.17) is 4.74 Å². The Labute approximate surface area is 86.0 Å². The number of hydrogen-bond acceptors (Lipinski definition) is 3. The molecule has 3 heteroatoms. The molecular weight excluding hydrogens is 178 g/mol. The van der Waals surface area contributed by atoms with Crippen LogP contribution in [-0.4, -0.2) is 48.5 Å². The largest absolute Gasteiger partial charge is 0.392 e. The highest BCUT2D eigenvalue weighted by molar-refractivity contribution is 4.79. The number of piperidine rings is 1. The molecule has 0 aliphatic carbocycles. The van der Waals surface area contributed by atoms with Gasteiger partial charge in [-0.05, 0) is 25.2 Å². The van der Waals surface area contributed by atoms with Gasteiger partial charge in [0.2, 0.25) is 0 Å². The van der Waals surface area contributed by atoms with Crippen LogP contribution in [0, 0.1) is 5.92 Å². The second-order valence-electron chi connectivity index (χ2n) is 4.85. The standard InChI is InChI=1S/C11H21NO2/c1-9-5-10(13)7-12(6-9)8-11-3-2-4-14-11/h9-11,13H,2-8H2,1H3. The zero-order chi connectivity index (χ0) is 9.97. The van der Waals surface area contributed by atoms with Crippen molar-refractivity contribution in [2.75, 3.05) is 26.2 Å². The molecule has 3 atom stereocenters. The highest BCUT2D eigenvalue weighted by atomic mass is 16.5. The van der Waals surface area contributed by atoms with E-state index in [0.29, 0.717) is 12.0 Å². The summed E-state index contributed by atoms with van der Waals surface area (Å²) in [6.45, 7) is 6.12. The molecule has 0 aromatic carbocycles. The number of β-amino-alcohol motifs (C(OH)–C–C–N with tert-alkyl or cyclic N) is 1. The van der Waals surface area contributed by atoms with Crippen LogP contribution >= 0.6 is 0 Å². The molecule has 0 spiro atoms. The molecule has 2 aliphatic rings. The molecule has 2 aliphatic heterocycles. The minimum absolute atomic E-state index is 0.125. The first-order valence-corrected chi connectivity index (χ1v) is 5.76. The van der Waals surface area contributed by atoms with Gasteiger partial charge in [-0.15, -0.1) is 0 Å². The lowest BCUT2D eigenvalue weighted by molar-refractivity contribution is 0.0108. The first-order chi connectivity index (χ1) is 6.74. The Morgan fingerprint density at radius 1 is 1.43 bits per heavy atom. The first-order valence-electron chi connectivity index (χ1n) is 5.76. The quantitative estimate of drug-likeness (QED) is 0.716.